The van der Waals surface area contributed by atoms with E-state index >= 15 is 0 Å². The van der Waals surface area contributed by atoms with Gasteiger partial charge in [-0.15, -0.1) is 0 Å². The highest BCUT2D eigenvalue weighted by atomic mass is 19.1. The molecule has 58 valence electrons. The van der Waals surface area contributed by atoms with Crippen molar-refractivity contribution in [2.24, 2.45) is 0 Å². The maximum absolute atomic E-state index is 12.9. The molecule has 2 rings (SSSR count). The van der Waals surface area contributed by atoms with Gasteiger partial charge in [-0.2, -0.15) is 0 Å². The van der Waals surface area contributed by atoms with Crippen LogP contribution in [0.15, 0.2) is 24.3 Å². The fourth-order valence-corrected chi connectivity index (χ4v) is 1.09. The molecule has 0 atom stereocenters. The average Bonchev–Trinajstić information content (AvgIpc) is 2.07. The van der Waals surface area contributed by atoms with E-state index in [1.165, 1.54) is 12.1 Å². The predicted molar refractivity (Wildman–Crippen MR) is 41.5 cm³/mol. The summed E-state index contributed by atoms with van der Waals surface area (Å²) < 4.78 is 25.5. The van der Waals surface area contributed by atoms with Crippen molar-refractivity contribution in [3.05, 3.63) is 48.0 Å². The van der Waals surface area contributed by atoms with Crippen molar-refractivity contribution < 1.29 is 8.78 Å². The first-order valence-corrected chi connectivity index (χ1v) is 3.44. The number of hydrogen-bond acceptors (Lipinski definition) is 0. The highest BCUT2D eigenvalue weighted by Crippen LogP contribution is 2.17. The van der Waals surface area contributed by atoms with Crippen molar-refractivity contribution in [1.82, 2.24) is 0 Å². The lowest BCUT2D eigenvalue weighted by Gasteiger charge is -1.96. The minimum absolute atomic E-state index is 0.244. The molecule has 0 amide bonds. The molecule has 0 saturated carbocycles. The molecular weight excluding hydrogens is 158 g/mol. The molecule has 0 heterocycles. The fraction of sp³-hybridized carbons (Fsp3) is 0. The number of halogens is 2. The van der Waals surface area contributed by atoms with E-state index in [2.05, 4.69) is 12.1 Å². The van der Waals surface area contributed by atoms with E-state index in [1.807, 2.05) is 0 Å². The molecule has 0 aliphatic carbocycles. The van der Waals surface area contributed by atoms with Crippen LogP contribution in [0, 0.1) is 23.8 Å². The van der Waals surface area contributed by atoms with Crippen LogP contribution in [-0.4, -0.2) is 0 Å². The Morgan fingerprint density at radius 1 is 1.17 bits per heavy atom. The van der Waals surface area contributed by atoms with Crippen LogP contribution in [0.2, 0.25) is 0 Å². The summed E-state index contributed by atoms with van der Waals surface area (Å²) in [6, 6.07) is 10.4. The van der Waals surface area contributed by atoms with E-state index in [9.17, 15) is 8.78 Å². The summed E-state index contributed by atoms with van der Waals surface area (Å²) >= 11 is 0. The van der Waals surface area contributed by atoms with Crippen molar-refractivity contribution in [2.45, 2.75) is 0 Å². The lowest BCUT2D eigenvalue weighted by Crippen LogP contribution is -1.81. The van der Waals surface area contributed by atoms with Gasteiger partial charge in [-0.05, 0) is 17.5 Å². The van der Waals surface area contributed by atoms with Gasteiger partial charge in [0.2, 0.25) is 0 Å². The van der Waals surface area contributed by atoms with Gasteiger partial charge in [0.1, 0.15) is 11.6 Å². The second-order valence-electron chi connectivity index (χ2n) is 2.44. The second-order valence-corrected chi connectivity index (χ2v) is 2.44. The molecule has 2 radical (unpaired) electrons. The smallest absolute Gasteiger partial charge is 0.139 e. The number of rotatable bonds is 0. The summed E-state index contributed by atoms with van der Waals surface area (Å²) in [6.45, 7) is 0. The molecule has 0 bridgehead atoms. The fourth-order valence-electron chi connectivity index (χ4n) is 1.09. The van der Waals surface area contributed by atoms with Gasteiger partial charge in [0, 0.05) is 17.5 Å². The normalized spacial score (nSPS) is 10.5. The van der Waals surface area contributed by atoms with Crippen LogP contribution >= 0.6 is 0 Å². The molecule has 2 aromatic carbocycles. The summed E-state index contributed by atoms with van der Waals surface area (Å²) in [7, 11) is 0. The van der Waals surface area contributed by atoms with E-state index in [1.54, 1.807) is 6.07 Å². The number of benzene rings is 2. The van der Waals surface area contributed by atoms with Gasteiger partial charge in [0.15, 0.2) is 0 Å². The van der Waals surface area contributed by atoms with Crippen LogP contribution in [0.5, 0.6) is 0 Å². The monoisotopic (exact) mass is 162 g/mol. The molecule has 0 aliphatic rings. The molecule has 0 nitrogen and oxygen atoms in total. The Morgan fingerprint density at radius 3 is 2.83 bits per heavy atom. The lowest BCUT2D eigenvalue weighted by atomic mass is 10.1. The largest absolute Gasteiger partial charge is 0.206 e. The molecule has 0 spiro atoms. The van der Waals surface area contributed by atoms with Crippen molar-refractivity contribution in [2.75, 3.05) is 0 Å². The van der Waals surface area contributed by atoms with E-state index in [-0.39, 0.29) is 5.39 Å². The quantitative estimate of drug-likeness (QED) is 0.558. The van der Waals surface area contributed by atoms with Gasteiger partial charge in [0.25, 0.3) is 0 Å². The third-order valence-corrected chi connectivity index (χ3v) is 1.66. The standard InChI is InChI=1S/C10H4F2/c11-8-5-4-7-2-1-3-10(12)9(7)6-8/h1-2,4,6H. The SMILES string of the molecule is Fc1[c]cc2cc[c]c(F)c2c1. The van der Waals surface area contributed by atoms with E-state index in [4.69, 9.17) is 0 Å². The summed E-state index contributed by atoms with van der Waals surface area (Å²) in [5.41, 5.74) is 0. The summed E-state index contributed by atoms with van der Waals surface area (Å²) in [5, 5.41) is 0.876. The lowest BCUT2D eigenvalue weighted by molar-refractivity contribution is 0.619. The second kappa shape index (κ2) is 2.55. The minimum Gasteiger partial charge on any atom is -0.206 e. The highest BCUT2D eigenvalue weighted by Gasteiger charge is 2.00. The first-order valence-electron chi connectivity index (χ1n) is 3.44. The van der Waals surface area contributed by atoms with Crippen molar-refractivity contribution in [3.8, 4) is 0 Å². The van der Waals surface area contributed by atoms with Gasteiger partial charge in [-0.1, -0.05) is 12.1 Å². The summed E-state index contributed by atoms with van der Waals surface area (Å²) in [5.74, 6) is -1.08. The summed E-state index contributed by atoms with van der Waals surface area (Å²) in [6.07, 6.45) is 0. The zero-order valence-electron chi connectivity index (χ0n) is 6.07. The van der Waals surface area contributed by atoms with Crippen LogP contribution in [0.1, 0.15) is 0 Å². The zero-order valence-corrected chi connectivity index (χ0v) is 6.07. The zero-order chi connectivity index (χ0) is 8.55. The molecule has 2 aromatic rings. The van der Waals surface area contributed by atoms with Crippen molar-refractivity contribution in [1.29, 1.82) is 0 Å². The van der Waals surface area contributed by atoms with E-state index < -0.39 is 11.6 Å². The van der Waals surface area contributed by atoms with Crippen molar-refractivity contribution in [3.63, 3.8) is 0 Å². The molecule has 2 heteroatoms. The Labute approximate surface area is 68.4 Å². The molecule has 0 fully saturated rings. The van der Waals surface area contributed by atoms with Crippen LogP contribution in [-0.2, 0) is 0 Å². The molecule has 0 aromatic heterocycles. The van der Waals surface area contributed by atoms with Gasteiger partial charge in [-0.25, -0.2) is 8.78 Å². The summed E-state index contributed by atoms with van der Waals surface area (Å²) in [4.78, 5) is 0. The van der Waals surface area contributed by atoms with Crippen LogP contribution in [0.4, 0.5) is 8.78 Å². The Hall–Kier alpha value is -1.44. The third kappa shape index (κ3) is 1.05. The maximum atomic E-state index is 12.9. The first kappa shape index (κ1) is 7.22. The third-order valence-electron chi connectivity index (χ3n) is 1.66. The van der Waals surface area contributed by atoms with E-state index in [0.29, 0.717) is 5.39 Å². The van der Waals surface area contributed by atoms with Gasteiger partial charge < -0.3 is 0 Å². The average molecular weight is 162 g/mol. The maximum Gasteiger partial charge on any atom is 0.139 e. The molecule has 0 unspecified atom stereocenters. The Kier molecular flexibility index (Phi) is 1.54. The minimum atomic E-state index is -0.555. The Bertz CT molecular complexity index is 421. The molecular formula is C10H4F2. The number of fused-ring (bicyclic) bond motifs is 1. The highest BCUT2D eigenvalue weighted by molar-refractivity contribution is 5.82. The molecule has 0 N–H and O–H groups in total. The van der Waals surface area contributed by atoms with Crippen LogP contribution in [0.25, 0.3) is 10.8 Å². The van der Waals surface area contributed by atoms with E-state index in [0.717, 1.165) is 6.07 Å². The van der Waals surface area contributed by atoms with Gasteiger partial charge in [0.05, 0.1) is 0 Å². The van der Waals surface area contributed by atoms with Crippen LogP contribution < -0.4 is 0 Å². The Balaban J connectivity index is 2.88. The van der Waals surface area contributed by atoms with Crippen molar-refractivity contribution >= 4 is 10.8 Å². The molecule has 0 aliphatic heterocycles. The topological polar surface area (TPSA) is 0 Å². The molecule has 12 heavy (non-hydrogen) atoms. The van der Waals surface area contributed by atoms with Gasteiger partial charge in [-0.3, -0.25) is 0 Å². The Morgan fingerprint density at radius 2 is 2.00 bits per heavy atom. The first-order chi connectivity index (χ1) is 5.77. The van der Waals surface area contributed by atoms with Crippen LogP contribution in [0.3, 0.4) is 0 Å². The number of hydrogen-bond donors (Lipinski definition) is 0. The predicted octanol–water partition coefficient (Wildman–Crippen LogP) is 2.72. The molecule has 0 saturated heterocycles. The van der Waals surface area contributed by atoms with Gasteiger partial charge >= 0.3 is 0 Å².